The Morgan fingerprint density at radius 1 is 1.23 bits per heavy atom. The van der Waals surface area contributed by atoms with E-state index >= 15 is 0 Å². The third-order valence-corrected chi connectivity index (χ3v) is 5.00. The van der Waals surface area contributed by atoms with Crippen molar-refractivity contribution in [3.05, 3.63) is 40.6 Å². The first-order chi connectivity index (χ1) is 10.7. The van der Waals surface area contributed by atoms with Crippen molar-refractivity contribution in [2.75, 3.05) is 26.7 Å². The molecular weight excluding hydrogens is 340 g/mol. The van der Waals surface area contributed by atoms with Crippen LogP contribution in [0.15, 0.2) is 34.9 Å². The standard InChI is InChI=1S/C17H23BrN4/c1-19-12-14(22-10-6-7-11-22)15-16(18)20-17(21(15)2)13-8-4-3-5-9-13/h3-5,8-9,14,19H,6-7,10-12H2,1-2H3. The maximum atomic E-state index is 4.78. The fourth-order valence-electron chi connectivity index (χ4n) is 3.33. The number of aromatic nitrogens is 2. The summed E-state index contributed by atoms with van der Waals surface area (Å²) in [4.78, 5) is 7.34. The zero-order chi connectivity index (χ0) is 15.5. The molecule has 1 aliphatic rings. The second-order valence-corrected chi connectivity index (χ2v) is 6.60. The average Bonchev–Trinajstić information content (AvgIpc) is 3.15. The van der Waals surface area contributed by atoms with E-state index in [1.807, 2.05) is 13.1 Å². The number of benzene rings is 1. The van der Waals surface area contributed by atoms with Gasteiger partial charge in [0.25, 0.3) is 0 Å². The first-order valence-electron chi connectivity index (χ1n) is 7.88. The molecule has 0 amide bonds. The van der Waals surface area contributed by atoms with E-state index in [0.717, 1.165) is 22.5 Å². The highest BCUT2D eigenvalue weighted by Gasteiger charge is 2.28. The molecule has 5 heteroatoms. The van der Waals surface area contributed by atoms with Crippen LogP contribution in [-0.4, -0.2) is 41.1 Å². The fraction of sp³-hybridized carbons (Fsp3) is 0.471. The Morgan fingerprint density at radius 2 is 1.91 bits per heavy atom. The zero-order valence-corrected chi connectivity index (χ0v) is 14.8. The van der Waals surface area contributed by atoms with Crippen LogP contribution in [0.2, 0.25) is 0 Å². The first kappa shape index (κ1) is 15.7. The smallest absolute Gasteiger partial charge is 0.141 e. The van der Waals surface area contributed by atoms with Gasteiger partial charge in [-0.3, -0.25) is 4.90 Å². The van der Waals surface area contributed by atoms with Crippen molar-refractivity contribution in [1.29, 1.82) is 0 Å². The number of hydrogen-bond acceptors (Lipinski definition) is 3. The average molecular weight is 363 g/mol. The number of imidazole rings is 1. The van der Waals surface area contributed by atoms with Crippen molar-refractivity contribution in [2.24, 2.45) is 7.05 Å². The zero-order valence-electron chi connectivity index (χ0n) is 13.2. The summed E-state index contributed by atoms with van der Waals surface area (Å²) in [5.74, 6) is 1.02. The molecule has 22 heavy (non-hydrogen) atoms. The van der Waals surface area contributed by atoms with Crippen LogP contribution in [0.5, 0.6) is 0 Å². The second kappa shape index (κ2) is 6.94. The van der Waals surface area contributed by atoms with Gasteiger partial charge in [-0.15, -0.1) is 0 Å². The Balaban J connectivity index is 2.00. The normalized spacial score (nSPS) is 17.0. The lowest BCUT2D eigenvalue weighted by molar-refractivity contribution is 0.233. The number of rotatable bonds is 5. The molecule has 1 unspecified atom stereocenters. The van der Waals surface area contributed by atoms with Crippen molar-refractivity contribution in [1.82, 2.24) is 19.8 Å². The molecule has 1 aromatic heterocycles. The molecule has 3 rings (SSSR count). The molecule has 2 heterocycles. The van der Waals surface area contributed by atoms with Gasteiger partial charge in [0.2, 0.25) is 0 Å². The number of hydrogen-bond donors (Lipinski definition) is 1. The molecule has 1 saturated heterocycles. The molecule has 1 fully saturated rings. The summed E-state index contributed by atoms with van der Waals surface area (Å²) in [7, 11) is 4.14. The quantitative estimate of drug-likeness (QED) is 0.886. The van der Waals surface area contributed by atoms with Gasteiger partial charge < -0.3 is 9.88 Å². The molecule has 0 radical (unpaired) electrons. The number of likely N-dealkylation sites (tertiary alicyclic amines) is 1. The number of halogens is 1. The Hall–Kier alpha value is -1.17. The van der Waals surface area contributed by atoms with Crippen LogP contribution in [0.4, 0.5) is 0 Å². The van der Waals surface area contributed by atoms with E-state index in [1.54, 1.807) is 0 Å². The van der Waals surface area contributed by atoms with Gasteiger partial charge in [-0.25, -0.2) is 4.98 Å². The lowest BCUT2D eigenvalue weighted by Crippen LogP contribution is -2.34. The Bertz CT molecular complexity index is 617. The molecule has 1 aromatic carbocycles. The summed E-state index contributed by atoms with van der Waals surface area (Å²) in [6.07, 6.45) is 2.59. The van der Waals surface area contributed by atoms with Crippen LogP contribution in [0.3, 0.4) is 0 Å². The molecule has 1 N–H and O–H groups in total. The molecule has 1 aliphatic heterocycles. The lowest BCUT2D eigenvalue weighted by atomic mass is 10.2. The van der Waals surface area contributed by atoms with E-state index in [-0.39, 0.29) is 0 Å². The van der Waals surface area contributed by atoms with Crippen molar-refractivity contribution < 1.29 is 0 Å². The summed E-state index contributed by atoms with van der Waals surface area (Å²) in [5, 5.41) is 3.34. The SMILES string of the molecule is CNCC(c1c(Br)nc(-c2ccccc2)n1C)N1CCCC1. The van der Waals surface area contributed by atoms with E-state index in [1.165, 1.54) is 31.6 Å². The molecule has 118 valence electrons. The number of nitrogens with zero attached hydrogens (tertiary/aromatic N) is 3. The van der Waals surface area contributed by atoms with Crippen LogP contribution in [0.1, 0.15) is 24.6 Å². The first-order valence-corrected chi connectivity index (χ1v) is 8.68. The highest BCUT2D eigenvalue weighted by molar-refractivity contribution is 9.10. The summed E-state index contributed by atoms with van der Waals surface area (Å²) >= 11 is 3.70. The summed E-state index contributed by atoms with van der Waals surface area (Å²) < 4.78 is 3.20. The van der Waals surface area contributed by atoms with Crippen molar-refractivity contribution in [3.8, 4) is 11.4 Å². The molecular formula is C17H23BrN4. The van der Waals surface area contributed by atoms with Crippen LogP contribution < -0.4 is 5.32 Å². The lowest BCUT2D eigenvalue weighted by Gasteiger charge is -2.28. The van der Waals surface area contributed by atoms with Gasteiger partial charge in [0.05, 0.1) is 11.7 Å². The fourth-order valence-corrected chi connectivity index (χ4v) is 4.03. The largest absolute Gasteiger partial charge is 0.329 e. The molecule has 0 bridgehead atoms. The summed E-state index contributed by atoms with van der Waals surface area (Å²) in [5.41, 5.74) is 2.41. The Kier molecular flexibility index (Phi) is 4.96. The van der Waals surface area contributed by atoms with Gasteiger partial charge in [-0.2, -0.15) is 0 Å². The molecule has 2 aromatic rings. The van der Waals surface area contributed by atoms with Crippen LogP contribution in [-0.2, 0) is 7.05 Å². The number of nitrogens with one attached hydrogen (secondary N) is 1. The van der Waals surface area contributed by atoms with Gasteiger partial charge in [0.1, 0.15) is 10.4 Å². The molecule has 4 nitrogen and oxygen atoms in total. The van der Waals surface area contributed by atoms with Gasteiger partial charge in [-0.05, 0) is 48.9 Å². The van der Waals surface area contributed by atoms with Gasteiger partial charge in [-0.1, -0.05) is 30.3 Å². The summed E-state index contributed by atoms with van der Waals surface area (Å²) in [6.45, 7) is 3.28. The van der Waals surface area contributed by atoms with Gasteiger partial charge in [0.15, 0.2) is 0 Å². The third kappa shape index (κ3) is 2.98. The second-order valence-electron chi connectivity index (χ2n) is 5.85. The van der Waals surface area contributed by atoms with E-state index < -0.39 is 0 Å². The third-order valence-electron chi connectivity index (χ3n) is 4.42. The summed E-state index contributed by atoms with van der Waals surface area (Å²) in [6, 6.07) is 10.7. The Labute approximate surface area is 140 Å². The predicted molar refractivity (Wildman–Crippen MR) is 93.8 cm³/mol. The van der Waals surface area contributed by atoms with E-state index in [2.05, 4.69) is 62.0 Å². The van der Waals surface area contributed by atoms with Crippen LogP contribution >= 0.6 is 15.9 Å². The number of likely N-dealkylation sites (N-methyl/N-ethyl adjacent to an activating group) is 1. The minimum atomic E-state index is 0.358. The van der Waals surface area contributed by atoms with Crippen molar-refractivity contribution >= 4 is 15.9 Å². The Morgan fingerprint density at radius 3 is 2.55 bits per heavy atom. The van der Waals surface area contributed by atoms with Crippen molar-refractivity contribution in [2.45, 2.75) is 18.9 Å². The van der Waals surface area contributed by atoms with Gasteiger partial charge >= 0.3 is 0 Å². The van der Waals surface area contributed by atoms with Gasteiger partial charge in [0, 0.05) is 19.2 Å². The molecule has 0 saturated carbocycles. The van der Waals surface area contributed by atoms with Crippen LogP contribution in [0, 0.1) is 0 Å². The van der Waals surface area contributed by atoms with E-state index in [4.69, 9.17) is 4.98 Å². The minimum absolute atomic E-state index is 0.358. The topological polar surface area (TPSA) is 33.1 Å². The highest BCUT2D eigenvalue weighted by atomic mass is 79.9. The maximum absolute atomic E-state index is 4.78. The van der Waals surface area contributed by atoms with Crippen LogP contribution in [0.25, 0.3) is 11.4 Å². The minimum Gasteiger partial charge on any atom is -0.329 e. The maximum Gasteiger partial charge on any atom is 0.141 e. The van der Waals surface area contributed by atoms with E-state index in [0.29, 0.717) is 6.04 Å². The molecule has 0 spiro atoms. The predicted octanol–water partition coefficient (Wildman–Crippen LogP) is 3.21. The van der Waals surface area contributed by atoms with Crippen molar-refractivity contribution in [3.63, 3.8) is 0 Å². The molecule has 0 aliphatic carbocycles. The molecule has 1 atom stereocenters. The highest BCUT2D eigenvalue weighted by Crippen LogP contribution is 2.33. The monoisotopic (exact) mass is 362 g/mol. The van der Waals surface area contributed by atoms with E-state index in [9.17, 15) is 0 Å².